The number of aliphatic hydroxyl groups is 1. The van der Waals surface area contributed by atoms with Gasteiger partial charge in [0.15, 0.2) is 0 Å². The fourth-order valence-corrected chi connectivity index (χ4v) is 2.67. The molecular formula is C17H27NO3. The maximum Gasteiger partial charge on any atom is 0.119 e. The quantitative estimate of drug-likeness (QED) is 0.722. The smallest absolute Gasteiger partial charge is 0.119 e. The van der Waals surface area contributed by atoms with Crippen molar-refractivity contribution in [1.82, 2.24) is 5.32 Å². The lowest BCUT2D eigenvalue weighted by molar-refractivity contribution is 0.0942. The third kappa shape index (κ3) is 6.04. The van der Waals surface area contributed by atoms with Crippen molar-refractivity contribution in [2.75, 3.05) is 26.3 Å². The molecule has 1 fully saturated rings. The van der Waals surface area contributed by atoms with Gasteiger partial charge in [-0.3, -0.25) is 0 Å². The molecule has 4 heteroatoms. The maximum atomic E-state index is 9.92. The Bertz CT molecular complexity index is 410. The second-order valence-electron chi connectivity index (χ2n) is 5.92. The van der Waals surface area contributed by atoms with Gasteiger partial charge in [0.2, 0.25) is 0 Å². The van der Waals surface area contributed by atoms with E-state index < -0.39 is 6.10 Å². The van der Waals surface area contributed by atoms with Crippen LogP contribution in [0.5, 0.6) is 5.75 Å². The summed E-state index contributed by atoms with van der Waals surface area (Å²) in [5.41, 5.74) is 2.35. The van der Waals surface area contributed by atoms with Crippen LogP contribution < -0.4 is 10.1 Å². The van der Waals surface area contributed by atoms with Crippen molar-refractivity contribution in [3.05, 3.63) is 29.3 Å². The molecule has 4 nitrogen and oxygen atoms in total. The zero-order chi connectivity index (χ0) is 15.1. The molecule has 1 heterocycles. The van der Waals surface area contributed by atoms with Crippen LogP contribution in [0.15, 0.2) is 18.2 Å². The first kappa shape index (κ1) is 16.3. The van der Waals surface area contributed by atoms with Crippen molar-refractivity contribution >= 4 is 0 Å². The normalized spacial score (nSPS) is 19.7. The van der Waals surface area contributed by atoms with E-state index in [-0.39, 0.29) is 0 Å². The molecule has 2 rings (SSSR count). The van der Waals surface area contributed by atoms with Crippen LogP contribution in [0.1, 0.15) is 30.4 Å². The molecule has 2 unspecified atom stereocenters. The summed E-state index contributed by atoms with van der Waals surface area (Å²) in [5, 5.41) is 13.2. The van der Waals surface area contributed by atoms with E-state index in [1.165, 1.54) is 24.0 Å². The van der Waals surface area contributed by atoms with Crippen LogP contribution in [0.2, 0.25) is 0 Å². The molecule has 1 saturated heterocycles. The topological polar surface area (TPSA) is 50.7 Å². The fraction of sp³-hybridized carbons (Fsp3) is 0.647. The molecule has 21 heavy (non-hydrogen) atoms. The number of hydrogen-bond donors (Lipinski definition) is 2. The Morgan fingerprint density at radius 3 is 2.76 bits per heavy atom. The van der Waals surface area contributed by atoms with Gasteiger partial charge in [0.25, 0.3) is 0 Å². The first-order valence-corrected chi connectivity index (χ1v) is 7.85. The Kier molecular flexibility index (Phi) is 6.49. The predicted octanol–water partition coefficient (Wildman–Crippen LogP) is 2.20. The summed E-state index contributed by atoms with van der Waals surface area (Å²) in [7, 11) is 0. The summed E-state index contributed by atoms with van der Waals surface area (Å²) in [6.45, 7) is 6.74. The third-order valence-corrected chi connectivity index (χ3v) is 3.68. The Balaban J connectivity index is 1.59. The van der Waals surface area contributed by atoms with Crippen molar-refractivity contribution in [3.8, 4) is 5.75 Å². The van der Waals surface area contributed by atoms with Gasteiger partial charge in [0.05, 0.1) is 6.10 Å². The molecule has 2 N–H and O–H groups in total. The molecule has 0 aromatic heterocycles. The van der Waals surface area contributed by atoms with E-state index in [9.17, 15) is 5.11 Å². The lowest BCUT2D eigenvalue weighted by Crippen LogP contribution is -2.33. The number of benzene rings is 1. The lowest BCUT2D eigenvalue weighted by Gasteiger charge is -2.15. The van der Waals surface area contributed by atoms with Gasteiger partial charge in [-0.15, -0.1) is 0 Å². The van der Waals surface area contributed by atoms with Gasteiger partial charge in [0, 0.05) is 13.2 Å². The average Bonchev–Trinajstić information content (AvgIpc) is 2.93. The first-order chi connectivity index (χ1) is 10.1. The minimum atomic E-state index is -0.490. The molecule has 0 radical (unpaired) electrons. The molecule has 0 amide bonds. The van der Waals surface area contributed by atoms with Crippen LogP contribution in [-0.4, -0.2) is 43.6 Å². The van der Waals surface area contributed by atoms with Gasteiger partial charge >= 0.3 is 0 Å². The van der Waals surface area contributed by atoms with E-state index in [1.54, 1.807) is 0 Å². The molecule has 2 atom stereocenters. The zero-order valence-corrected chi connectivity index (χ0v) is 13.1. The monoisotopic (exact) mass is 293 g/mol. The Labute approximate surface area is 127 Å². The summed E-state index contributed by atoms with van der Waals surface area (Å²) in [4.78, 5) is 0. The van der Waals surface area contributed by atoms with Crippen LogP contribution >= 0.6 is 0 Å². The van der Waals surface area contributed by atoms with Gasteiger partial charge in [-0.2, -0.15) is 0 Å². The number of hydrogen-bond acceptors (Lipinski definition) is 4. The summed E-state index contributed by atoms with van der Waals surface area (Å²) in [6.07, 6.45) is 3.28. The number of rotatable bonds is 8. The zero-order valence-electron chi connectivity index (χ0n) is 13.1. The van der Waals surface area contributed by atoms with Crippen molar-refractivity contribution in [3.63, 3.8) is 0 Å². The van der Waals surface area contributed by atoms with E-state index >= 15 is 0 Å². The van der Waals surface area contributed by atoms with Crippen LogP contribution in [-0.2, 0) is 4.74 Å². The van der Waals surface area contributed by atoms with Crippen molar-refractivity contribution in [1.29, 1.82) is 0 Å². The van der Waals surface area contributed by atoms with Gasteiger partial charge in [0.1, 0.15) is 18.5 Å². The molecule has 1 aromatic rings. The van der Waals surface area contributed by atoms with E-state index in [1.807, 2.05) is 26.0 Å². The van der Waals surface area contributed by atoms with E-state index in [0.29, 0.717) is 19.3 Å². The molecule has 1 aromatic carbocycles. The second kappa shape index (κ2) is 8.37. The van der Waals surface area contributed by atoms with Gasteiger partial charge in [-0.05, 0) is 62.9 Å². The number of nitrogens with one attached hydrogen (secondary N) is 1. The highest BCUT2D eigenvalue weighted by Crippen LogP contribution is 2.16. The molecule has 118 valence electrons. The largest absolute Gasteiger partial charge is 0.491 e. The minimum Gasteiger partial charge on any atom is -0.491 e. The lowest BCUT2D eigenvalue weighted by atomic mass is 10.1. The van der Waals surface area contributed by atoms with Crippen LogP contribution in [0, 0.1) is 13.8 Å². The predicted molar refractivity (Wildman–Crippen MR) is 83.9 cm³/mol. The van der Waals surface area contributed by atoms with Crippen LogP contribution in [0.4, 0.5) is 0 Å². The third-order valence-electron chi connectivity index (χ3n) is 3.68. The van der Waals surface area contributed by atoms with Crippen molar-refractivity contribution < 1.29 is 14.6 Å². The van der Waals surface area contributed by atoms with Crippen LogP contribution in [0.25, 0.3) is 0 Å². The molecule has 1 aliphatic rings. The molecule has 1 aliphatic heterocycles. The molecule has 0 saturated carbocycles. The van der Waals surface area contributed by atoms with Gasteiger partial charge in [-0.25, -0.2) is 0 Å². The molecule has 0 aliphatic carbocycles. The number of aliphatic hydroxyl groups excluding tert-OH is 1. The summed E-state index contributed by atoms with van der Waals surface area (Å²) in [5.74, 6) is 0.825. The highest BCUT2D eigenvalue weighted by molar-refractivity contribution is 5.32. The minimum absolute atomic E-state index is 0.315. The summed E-state index contributed by atoms with van der Waals surface area (Å²) in [6, 6.07) is 6.09. The van der Waals surface area contributed by atoms with E-state index in [4.69, 9.17) is 9.47 Å². The molecular weight excluding hydrogens is 266 g/mol. The van der Waals surface area contributed by atoms with E-state index in [2.05, 4.69) is 11.4 Å². The van der Waals surface area contributed by atoms with Crippen molar-refractivity contribution in [2.24, 2.45) is 0 Å². The Hall–Kier alpha value is -1.10. The maximum absolute atomic E-state index is 9.92. The Morgan fingerprint density at radius 2 is 2.10 bits per heavy atom. The number of aryl methyl sites for hydroxylation is 2. The number of ether oxygens (including phenoxy) is 2. The van der Waals surface area contributed by atoms with Crippen molar-refractivity contribution in [2.45, 2.75) is 45.3 Å². The van der Waals surface area contributed by atoms with Gasteiger partial charge in [-0.1, -0.05) is 6.07 Å². The van der Waals surface area contributed by atoms with Crippen LogP contribution in [0.3, 0.4) is 0 Å². The summed E-state index contributed by atoms with van der Waals surface area (Å²) < 4.78 is 11.2. The SMILES string of the molecule is Cc1cc(C)cc(OCC(O)CNCCC2CCCO2)c1. The average molecular weight is 293 g/mol. The summed E-state index contributed by atoms with van der Waals surface area (Å²) >= 11 is 0. The fourth-order valence-electron chi connectivity index (χ4n) is 2.67. The standard InChI is InChI=1S/C17H27NO3/c1-13-8-14(2)10-17(9-13)21-12-15(19)11-18-6-5-16-4-3-7-20-16/h8-10,15-16,18-19H,3-7,11-12H2,1-2H3. The highest BCUT2D eigenvalue weighted by Gasteiger charge is 2.14. The van der Waals surface area contributed by atoms with E-state index in [0.717, 1.165) is 25.3 Å². The Morgan fingerprint density at radius 1 is 1.33 bits per heavy atom. The molecule has 0 spiro atoms. The highest BCUT2D eigenvalue weighted by atomic mass is 16.5. The first-order valence-electron chi connectivity index (χ1n) is 7.85. The molecule has 0 bridgehead atoms. The van der Waals surface area contributed by atoms with Gasteiger partial charge < -0.3 is 19.9 Å². The second-order valence-corrected chi connectivity index (χ2v) is 5.92.